The number of nitrogens with zero attached hydrogens (tertiary/aromatic N) is 1. The molecule has 7 nitrogen and oxygen atoms in total. The molecule has 2 heterocycles. The minimum Gasteiger partial charge on any atom is -0.295 e. The summed E-state index contributed by atoms with van der Waals surface area (Å²) in [6, 6.07) is 3.36. The van der Waals surface area contributed by atoms with Gasteiger partial charge in [-0.2, -0.15) is 0 Å². The van der Waals surface area contributed by atoms with Gasteiger partial charge >= 0.3 is 0 Å². The first-order valence-electron chi connectivity index (χ1n) is 6.36. The molecule has 8 heteroatoms. The maximum absolute atomic E-state index is 12.5. The molecule has 3 rings (SSSR count). The molecular weight excluding hydrogens is 296 g/mol. The van der Waals surface area contributed by atoms with Crippen LogP contribution in [-0.4, -0.2) is 36.5 Å². The Morgan fingerprint density at radius 1 is 1.24 bits per heavy atom. The van der Waals surface area contributed by atoms with E-state index in [0.717, 1.165) is 0 Å². The zero-order valence-corrected chi connectivity index (χ0v) is 11.9. The number of rotatable bonds is 1. The van der Waals surface area contributed by atoms with Gasteiger partial charge in [0.15, 0.2) is 0 Å². The largest absolute Gasteiger partial charge is 0.295 e. The van der Waals surface area contributed by atoms with Crippen LogP contribution < -0.4 is 5.32 Å². The third kappa shape index (κ3) is 1.86. The molecule has 0 spiro atoms. The number of carbonyl (C=O) groups is 3. The van der Waals surface area contributed by atoms with E-state index in [4.69, 9.17) is 0 Å². The number of benzene rings is 1. The van der Waals surface area contributed by atoms with Gasteiger partial charge in [0.2, 0.25) is 5.91 Å². The van der Waals surface area contributed by atoms with Crippen molar-refractivity contribution >= 4 is 27.7 Å². The average Bonchev–Trinajstić information content (AvgIpc) is 2.60. The van der Waals surface area contributed by atoms with Crippen molar-refractivity contribution in [2.75, 3.05) is 0 Å². The first-order chi connectivity index (χ1) is 9.84. The van der Waals surface area contributed by atoms with E-state index >= 15 is 0 Å². The summed E-state index contributed by atoms with van der Waals surface area (Å²) in [7, 11) is -4.06. The number of fused-ring (bicyclic) bond motifs is 1. The van der Waals surface area contributed by atoms with Crippen LogP contribution in [0.1, 0.15) is 28.8 Å². The number of aryl methyl sites for hydroxylation is 1. The van der Waals surface area contributed by atoms with E-state index < -0.39 is 33.8 Å². The zero-order valence-electron chi connectivity index (χ0n) is 11.1. The van der Waals surface area contributed by atoms with E-state index in [9.17, 15) is 22.8 Å². The summed E-state index contributed by atoms with van der Waals surface area (Å²) in [6.07, 6.45) is 0.00765. The van der Waals surface area contributed by atoms with Crippen molar-refractivity contribution in [2.45, 2.75) is 30.7 Å². The van der Waals surface area contributed by atoms with Crippen molar-refractivity contribution in [1.82, 2.24) is 9.62 Å². The van der Waals surface area contributed by atoms with Crippen molar-refractivity contribution in [3.63, 3.8) is 0 Å². The highest BCUT2D eigenvalue weighted by Crippen LogP contribution is 2.35. The Hall–Kier alpha value is -2.22. The maximum atomic E-state index is 12.5. The topological polar surface area (TPSA) is 101 Å². The van der Waals surface area contributed by atoms with Crippen molar-refractivity contribution in [3.05, 3.63) is 29.3 Å². The lowest BCUT2D eigenvalue weighted by Crippen LogP contribution is -2.54. The Kier molecular flexibility index (Phi) is 2.87. The fraction of sp³-hybridized carbons (Fsp3) is 0.308. The normalized spacial score (nSPS) is 24.0. The number of nitrogens with one attached hydrogen (secondary N) is 1. The highest BCUT2D eigenvalue weighted by atomic mass is 32.2. The lowest BCUT2D eigenvalue weighted by atomic mass is 10.0. The van der Waals surface area contributed by atoms with Crippen LogP contribution in [-0.2, 0) is 19.6 Å². The number of hydrogen-bond acceptors (Lipinski definition) is 5. The predicted octanol–water partition coefficient (Wildman–Crippen LogP) is -0.0553. The molecule has 1 atom stereocenters. The molecule has 1 unspecified atom stereocenters. The molecule has 1 saturated heterocycles. The molecule has 0 bridgehead atoms. The molecule has 0 aromatic heterocycles. The van der Waals surface area contributed by atoms with Crippen LogP contribution in [0.2, 0.25) is 0 Å². The Labute approximate surface area is 121 Å². The first-order valence-corrected chi connectivity index (χ1v) is 7.80. The molecule has 0 aliphatic carbocycles. The van der Waals surface area contributed by atoms with Crippen molar-refractivity contribution in [2.24, 2.45) is 0 Å². The molecule has 1 aromatic rings. The molecule has 3 amide bonds. The monoisotopic (exact) mass is 308 g/mol. The molecule has 1 aromatic carbocycles. The number of sulfonamides is 1. The van der Waals surface area contributed by atoms with Gasteiger partial charge in [-0.1, -0.05) is 12.1 Å². The molecule has 1 fully saturated rings. The standard InChI is InChI=1S/C13H12N2O5S/c1-7-3-2-4-9-11(7)13(18)15(21(9,19)20)8-5-6-10(16)14-12(8)17/h2-4,8H,5-6H2,1H3,(H,14,16,17). The summed E-state index contributed by atoms with van der Waals surface area (Å²) in [6.45, 7) is 1.64. The molecule has 2 aliphatic heterocycles. The zero-order chi connectivity index (χ0) is 15.4. The van der Waals surface area contributed by atoms with E-state index in [1.807, 2.05) is 0 Å². The Bertz CT molecular complexity index is 784. The number of amides is 3. The lowest BCUT2D eigenvalue weighted by Gasteiger charge is -2.28. The van der Waals surface area contributed by atoms with E-state index in [0.29, 0.717) is 9.87 Å². The third-order valence-electron chi connectivity index (χ3n) is 3.68. The van der Waals surface area contributed by atoms with Gasteiger partial charge in [-0.15, -0.1) is 0 Å². The number of hydrogen-bond donors (Lipinski definition) is 1. The van der Waals surface area contributed by atoms with Gasteiger partial charge in [-0.05, 0) is 25.0 Å². The molecule has 110 valence electrons. The van der Waals surface area contributed by atoms with E-state index in [2.05, 4.69) is 5.32 Å². The number of piperidine rings is 1. The van der Waals surface area contributed by atoms with Crippen molar-refractivity contribution in [1.29, 1.82) is 0 Å². The quantitative estimate of drug-likeness (QED) is 0.733. The molecule has 0 saturated carbocycles. The predicted molar refractivity (Wildman–Crippen MR) is 70.7 cm³/mol. The Morgan fingerprint density at radius 3 is 2.57 bits per heavy atom. The third-order valence-corrected chi connectivity index (χ3v) is 5.51. The first kappa shape index (κ1) is 13.7. The number of carbonyl (C=O) groups excluding carboxylic acids is 3. The summed E-state index contributed by atoms with van der Waals surface area (Å²) >= 11 is 0. The fourth-order valence-corrected chi connectivity index (χ4v) is 4.48. The smallest absolute Gasteiger partial charge is 0.270 e. The van der Waals surface area contributed by atoms with Gasteiger partial charge in [0, 0.05) is 6.42 Å². The summed E-state index contributed by atoms with van der Waals surface area (Å²) < 4.78 is 25.6. The molecule has 2 aliphatic rings. The molecule has 21 heavy (non-hydrogen) atoms. The second kappa shape index (κ2) is 4.39. The van der Waals surface area contributed by atoms with Crippen LogP contribution in [0.15, 0.2) is 23.1 Å². The molecule has 0 radical (unpaired) electrons. The summed E-state index contributed by atoms with van der Waals surface area (Å²) in [4.78, 5) is 35.4. The van der Waals surface area contributed by atoms with E-state index in [1.165, 1.54) is 6.07 Å². The van der Waals surface area contributed by atoms with Gasteiger partial charge in [0.05, 0.1) is 5.56 Å². The van der Waals surface area contributed by atoms with E-state index in [-0.39, 0.29) is 23.3 Å². The van der Waals surface area contributed by atoms with E-state index in [1.54, 1.807) is 19.1 Å². The van der Waals surface area contributed by atoms with Gasteiger partial charge in [-0.25, -0.2) is 12.7 Å². The Balaban J connectivity index is 2.11. The minimum atomic E-state index is -4.06. The highest BCUT2D eigenvalue weighted by Gasteiger charge is 2.49. The number of imide groups is 1. The minimum absolute atomic E-state index is 0.00265. The Morgan fingerprint density at radius 2 is 1.95 bits per heavy atom. The van der Waals surface area contributed by atoms with Crippen molar-refractivity contribution in [3.8, 4) is 0 Å². The summed E-state index contributed by atoms with van der Waals surface area (Å²) in [5, 5.41) is 2.07. The van der Waals surface area contributed by atoms with Gasteiger partial charge in [-0.3, -0.25) is 19.7 Å². The van der Waals surface area contributed by atoms with Crippen LogP contribution >= 0.6 is 0 Å². The average molecular weight is 308 g/mol. The highest BCUT2D eigenvalue weighted by molar-refractivity contribution is 7.90. The van der Waals surface area contributed by atoms with Gasteiger partial charge in [0.25, 0.3) is 21.8 Å². The fourth-order valence-electron chi connectivity index (χ4n) is 2.67. The lowest BCUT2D eigenvalue weighted by molar-refractivity contribution is -0.135. The van der Waals surface area contributed by atoms with Gasteiger partial charge in [0.1, 0.15) is 10.9 Å². The van der Waals surface area contributed by atoms with Crippen LogP contribution in [0.5, 0.6) is 0 Å². The SMILES string of the molecule is Cc1cccc2c1C(=O)N(C1CCC(=O)NC1=O)S2(=O)=O. The second-order valence-corrected chi connectivity index (χ2v) is 6.80. The maximum Gasteiger partial charge on any atom is 0.270 e. The molecular formula is C13H12N2O5S. The summed E-state index contributed by atoms with van der Waals surface area (Å²) in [5.41, 5.74) is 0.637. The van der Waals surface area contributed by atoms with Crippen LogP contribution in [0.3, 0.4) is 0 Å². The van der Waals surface area contributed by atoms with Crippen LogP contribution in [0.25, 0.3) is 0 Å². The van der Waals surface area contributed by atoms with Crippen LogP contribution in [0.4, 0.5) is 0 Å². The molecule has 1 N–H and O–H groups in total. The van der Waals surface area contributed by atoms with Crippen LogP contribution in [0, 0.1) is 6.92 Å². The summed E-state index contributed by atoms with van der Waals surface area (Å²) in [5.74, 6) is -1.93. The van der Waals surface area contributed by atoms with Crippen molar-refractivity contribution < 1.29 is 22.8 Å². The van der Waals surface area contributed by atoms with Gasteiger partial charge < -0.3 is 0 Å². The second-order valence-electron chi connectivity index (χ2n) is 5.02.